The van der Waals surface area contributed by atoms with Crippen LogP contribution in [0.2, 0.25) is 0 Å². The predicted molar refractivity (Wildman–Crippen MR) is 125 cm³/mol. The summed E-state index contributed by atoms with van der Waals surface area (Å²) in [7, 11) is 0. The Kier molecular flexibility index (Phi) is 10.1. The number of halogens is 1. The molecule has 1 N–H and O–H groups in total. The fourth-order valence-electron chi connectivity index (χ4n) is 2.50. The van der Waals surface area contributed by atoms with E-state index in [0.29, 0.717) is 41.6 Å². The van der Waals surface area contributed by atoms with Crippen LogP contribution < -0.4 is 19.6 Å². The normalized spacial score (nSPS) is 10.6. The van der Waals surface area contributed by atoms with Crippen molar-refractivity contribution >= 4 is 40.7 Å². The fourth-order valence-corrected chi connectivity index (χ4v) is 3.28. The minimum Gasteiger partial charge on any atom is -0.494 e. The van der Waals surface area contributed by atoms with Crippen molar-refractivity contribution in [3.8, 4) is 17.2 Å². The van der Waals surface area contributed by atoms with Crippen LogP contribution in [-0.4, -0.2) is 44.5 Å². The summed E-state index contributed by atoms with van der Waals surface area (Å²) in [6, 6.07) is 10.3. The summed E-state index contributed by atoms with van der Waals surface area (Å²) in [6.07, 6.45) is 1.51. The summed E-state index contributed by atoms with van der Waals surface area (Å²) >= 11 is 2.09. The van der Waals surface area contributed by atoms with Gasteiger partial charge in [-0.25, -0.2) is 10.2 Å². The van der Waals surface area contributed by atoms with Gasteiger partial charge in [0.15, 0.2) is 18.1 Å². The van der Waals surface area contributed by atoms with Gasteiger partial charge in [-0.05, 0) is 85.3 Å². The van der Waals surface area contributed by atoms with E-state index < -0.39 is 5.97 Å². The Morgan fingerprint density at radius 1 is 1.00 bits per heavy atom. The zero-order chi connectivity index (χ0) is 22.6. The molecule has 2 aromatic rings. The van der Waals surface area contributed by atoms with E-state index in [4.69, 9.17) is 18.9 Å². The second-order valence-electron chi connectivity index (χ2n) is 6.01. The summed E-state index contributed by atoms with van der Waals surface area (Å²) in [4.78, 5) is 23.8. The molecule has 2 rings (SSSR count). The summed E-state index contributed by atoms with van der Waals surface area (Å²) in [5, 5.41) is 4.02. The van der Waals surface area contributed by atoms with Gasteiger partial charge in [0.2, 0.25) is 0 Å². The molecule has 9 heteroatoms. The molecule has 0 saturated carbocycles. The maximum Gasteiger partial charge on any atom is 0.344 e. The first-order valence-electron chi connectivity index (χ1n) is 9.79. The number of ether oxygens (including phenoxy) is 4. The Morgan fingerprint density at radius 3 is 2.35 bits per heavy atom. The highest BCUT2D eigenvalue weighted by atomic mass is 127. The van der Waals surface area contributed by atoms with Crippen molar-refractivity contribution in [3.05, 3.63) is 51.1 Å². The van der Waals surface area contributed by atoms with E-state index in [-0.39, 0.29) is 19.1 Å². The fraction of sp³-hybridized carbons (Fsp3) is 0.318. The number of carbonyl (C=O) groups excluding carboxylic acids is 2. The number of benzene rings is 2. The molecule has 0 aliphatic carbocycles. The molecule has 0 aromatic heterocycles. The molecule has 0 unspecified atom stereocenters. The van der Waals surface area contributed by atoms with Crippen molar-refractivity contribution in [2.24, 2.45) is 5.10 Å². The van der Waals surface area contributed by atoms with Gasteiger partial charge in [-0.1, -0.05) is 0 Å². The highest BCUT2D eigenvalue weighted by Gasteiger charge is 2.14. The Balaban J connectivity index is 2.07. The van der Waals surface area contributed by atoms with Crippen molar-refractivity contribution in [1.29, 1.82) is 0 Å². The van der Waals surface area contributed by atoms with E-state index in [9.17, 15) is 9.59 Å². The molecule has 166 valence electrons. The summed E-state index contributed by atoms with van der Waals surface area (Å²) < 4.78 is 22.2. The maximum absolute atomic E-state index is 12.2. The van der Waals surface area contributed by atoms with Crippen molar-refractivity contribution in [1.82, 2.24) is 5.43 Å². The molecule has 1 amide bonds. The Hall–Kier alpha value is -2.82. The van der Waals surface area contributed by atoms with E-state index in [1.54, 1.807) is 43.3 Å². The van der Waals surface area contributed by atoms with Crippen molar-refractivity contribution in [2.75, 3.05) is 26.4 Å². The molecule has 0 spiro atoms. The van der Waals surface area contributed by atoms with Gasteiger partial charge in [0.25, 0.3) is 5.91 Å². The quantitative estimate of drug-likeness (QED) is 0.202. The molecule has 0 bridgehead atoms. The summed E-state index contributed by atoms with van der Waals surface area (Å²) in [5.74, 6) is 0.826. The van der Waals surface area contributed by atoms with Gasteiger partial charge in [0.1, 0.15) is 5.75 Å². The lowest BCUT2D eigenvalue weighted by Gasteiger charge is -2.14. The lowest BCUT2D eigenvalue weighted by Crippen LogP contribution is -2.17. The Labute approximate surface area is 195 Å². The average molecular weight is 540 g/mol. The largest absolute Gasteiger partial charge is 0.494 e. The minimum absolute atomic E-state index is 0.213. The number of hydrazone groups is 1. The number of amides is 1. The number of esters is 1. The molecule has 0 aliphatic heterocycles. The van der Waals surface area contributed by atoms with Crippen LogP contribution >= 0.6 is 22.6 Å². The molecular formula is C22H25IN2O6. The van der Waals surface area contributed by atoms with E-state index >= 15 is 0 Å². The third-order valence-corrected chi connectivity index (χ3v) is 4.58. The van der Waals surface area contributed by atoms with Crippen molar-refractivity contribution in [3.63, 3.8) is 0 Å². The molecule has 0 aliphatic rings. The number of rotatable bonds is 11. The van der Waals surface area contributed by atoms with E-state index in [1.807, 2.05) is 13.8 Å². The molecule has 0 saturated heterocycles. The van der Waals surface area contributed by atoms with Crippen LogP contribution in [-0.2, 0) is 9.53 Å². The van der Waals surface area contributed by atoms with Gasteiger partial charge in [-0.15, -0.1) is 0 Å². The number of nitrogens with one attached hydrogen (secondary N) is 1. The smallest absolute Gasteiger partial charge is 0.344 e. The van der Waals surface area contributed by atoms with Crippen LogP contribution in [0.1, 0.15) is 36.7 Å². The third-order valence-electron chi connectivity index (χ3n) is 3.78. The van der Waals surface area contributed by atoms with Crippen LogP contribution in [0.15, 0.2) is 41.5 Å². The molecule has 31 heavy (non-hydrogen) atoms. The first kappa shape index (κ1) is 24.4. The second-order valence-corrected chi connectivity index (χ2v) is 7.18. The van der Waals surface area contributed by atoms with E-state index in [2.05, 4.69) is 33.1 Å². The number of nitrogens with zero attached hydrogens (tertiary/aromatic N) is 1. The molecule has 8 nitrogen and oxygen atoms in total. The molecular weight excluding hydrogens is 515 g/mol. The first-order chi connectivity index (χ1) is 15.0. The molecule has 0 atom stereocenters. The number of hydrogen-bond acceptors (Lipinski definition) is 7. The molecule has 0 radical (unpaired) electrons. The minimum atomic E-state index is -0.455. The topological polar surface area (TPSA) is 95.5 Å². The van der Waals surface area contributed by atoms with Crippen LogP contribution in [0.4, 0.5) is 0 Å². The van der Waals surface area contributed by atoms with Gasteiger partial charge in [0, 0.05) is 5.56 Å². The first-order valence-corrected chi connectivity index (χ1v) is 10.9. The lowest BCUT2D eigenvalue weighted by molar-refractivity contribution is -0.145. The molecule has 0 fully saturated rings. The standard InChI is InChI=1S/C22H25IN2O6/c1-4-28-17-9-7-16(8-10-17)22(27)25-24-13-15-11-18(23)21(19(12-15)29-5-2)31-14-20(26)30-6-3/h7-13H,4-6,14H2,1-3H3,(H,25,27)/b24-13+. The van der Waals surface area contributed by atoms with Gasteiger partial charge in [0.05, 0.1) is 29.6 Å². The van der Waals surface area contributed by atoms with E-state index in [1.165, 1.54) is 6.21 Å². The molecule has 0 heterocycles. The predicted octanol–water partition coefficient (Wildman–Crippen LogP) is 3.79. The zero-order valence-corrected chi connectivity index (χ0v) is 19.8. The second kappa shape index (κ2) is 12.8. The van der Waals surface area contributed by atoms with Crippen LogP contribution in [0.25, 0.3) is 0 Å². The van der Waals surface area contributed by atoms with Gasteiger partial charge in [-0.2, -0.15) is 5.10 Å². The Morgan fingerprint density at radius 2 is 1.71 bits per heavy atom. The van der Waals surface area contributed by atoms with Gasteiger partial charge < -0.3 is 18.9 Å². The van der Waals surface area contributed by atoms with Crippen LogP contribution in [0.3, 0.4) is 0 Å². The summed E-state index contributed by atoms with van der Waals surface area (Å²) in [6.45, 7) is 6.53. The van der Waals surface area contributed by atoms with E-state index in [0.717, 1.165) is 3.57 Å². The van der Waals surface area contributed by atoms with Crippen LogP contribution in [0.5, 0.6) is 17.2 Å². The highest BCUT2D eigenvalue weighted by molar-refractivity contribution is 14.1. The summed E-state index contributed by atoms with van der Waals surface area (Å²) in [5.41, 5.74) is 3.66. The van der Waals surface area contributed by atoms with Crippen LogP contribution in [0, 0.1) is 3.57 Å². The average Bonchev–Trinajstić information content (AvgIpc) is 2.74. The zero-order valence-electron chi connectivity index (χ0n) is 17.6. The van der Waals surface area contributed by atoms with Gasteiger partial charge in [-0.3, -0.25) is 4.79 Å². The maximum atomic E-state index is 12.2. The lowest BCUT2D eigenvalue weighted by atomic mass is 10.2. The monoisotopic (exact) mass is 540 g/mol. The number of hydrogen-bond donors (Lipinski definition) is 1. The Bertz CT molecular complexity index is 915. The van der Waals surface area contributed by atoms with Gasteiger partial charge >= 0.3 is 5.97 Å². The van der Waals surface area contributed by atoms with Crippen molar-refractivity contribution < 1.29 is 28.5 Å². The van der Waals surface area contributed by atoms with Crippen molar-refractivity contribution in [2.45, 2.75) is 20.8 Å². The molecule has 2 aromatic carbocycles. The number of carbonyl (C=O) groups is 2. The SMILES string of the molecule is CCOC(=O)COc1c(I)cc(/C=N/NC(=O)c2ccc(OCC)cc2)cc1OCC. The highest BCUT2D eigenvalue weighted by Crippen LogP contribution is 2.34. The third kappa shape index (κ3) is 7.74.